The maximum absolute atomic E-state index is 10.2. The third kappa shape index (κ3) is 22.4. The van der Waals surface area contributed by atoms with Crippen LogP contribution >= 0.6 is 0 Å². The molecule has 0 spiro atoms. The summed E-state index contributed by atoms with van der Waals surface area (Å²) in [4.78, 5) is 10.2. The van der Waals surface area contributed by atoms with Crippen molar-refractivity contribution in [3.63, 3.8) is 0 Å². The summed E-state index contributed by atoms with van der Waals surface area (Å²) >= 11 is 0. The van der Waals surface area contributed by atoms with Gasteiger partial charge in [0.1, 0.15) is 6.54 Å². The lowest BCUT2D eigenvalue weighted by Crippen LogP contribution is -2.48. The summed E-state index contributed by atoms with van der Waals surface area (Å²) in [7, 11) is 0. The van der Waals surface area contributed by atoms with Crippen LogP contribution in [0.2, 0.25) is 0 Å². The summed E-state index contributed by atoms with van der Waals surface area (Å²) in [5.41, 5.74) is 1.49. The maximum atomic E-state index is 10.2. The van der Waals surface area contributed by atoms with Crippen LogP contribution in [-0.4, -0.2) is 30.1 Å². The zero-order valence-corrected chi connectivity index (χ0v) is 25.4. The fraction of sp³-hybridized carbons (Fsp3) is 0.794. The number of hydrogen-bond acceptors (Lipinski definition) is 2. The molecule has 0 unspecified atom stereocenters. The van der Waals surface area contributed by atoms with Crippen molar-refractivity contribution in [2.45, 2.75) is 156 Å². The highest BCUT2D eigenvalue weighted by atomic mass is 16.4. The van der Waals surface area contributed by atoms with Gasteiger partial charge in [0.2, 0.25) is 0 Å². The Bertz CT molecular complexity index is 584. The van der Waals surface area contributed by atoms with Gasteiger partial charge in [0, 0.05) is 11.5 Å². The summed E-state index contributed by atoms with van der Waals surface area (Å²) in [6.45, 7) is 14.3. The molecule has 0 fully saturated rings. The molecule has 0 saturated carbocycles. The topological polar surface area (TPSA) is 40.1 Å². The summed E-state index contributed by atoms with van der Waals surface area (Å²) in [6, 6.07) is 11.0. The molecule has 216 valence electrons. The molecular formula is C34H63NO2. The number of quaternary nitrogens is 1. The van der Waals surface area contributed by atoms with E-state index in [-0.39, 0.29) is 6.42 Å². The molecule has 1 rings (SSSR count). The second-order valence-electron chi connectivity index (χ2n) is 11.2. The van der Waals surface area contributed by atoms with Crippen LogP contribution in [0.5, 0.6) is 0 Å². The van der Waals surface area contributed by atoms with Crippen LogP contribution in [0.1, 0.15) is 155 Å². The molecule has 3 heteroatoms. The van der Waals surface area contributed by atoms with Crippen molar-refractivity contribution in [1.29, 1.82) is 0 Å². The Morgan fingerprint density at radius 1 is 0.568 bits per heavy atom. The first kappa shape index (κ1) is 35.6. The fourth-order valence-corrected chi connectivity index (χ4v) is 5.61. The van der Waals surface area contributed by atoms with E-state index in [0.29, 0.717) is 0 Å². The molecule has 0 amide bonds. The van der Waals surface area contributed by atoms with Crippen molar-refractivity contribution in [3.8, 4) is 0 Å². The van der Waals surface area contributed by atoms with Gasteiger partial charge in [0.05, 0.1) is 19.6 Å². The summed E-state index contributed by atoms with van der Waals surface area (Å²) in [5, 5.41) is 10.2. The van der Waals surface area contributed by atoms with Crippen LogP contribution in [0.4, 0.5) is 0 Å². The molecule has 1 aromatic carbocycles. The minimum absolute atomic E-state index is 0.234. The Morgan fingerprint density at radius 2 is 0.946 bits per heavy atom. The van der Waals surface area contributed by atoms with Crippen LogP contribution in [0, 0.1) is 0 Å². The second kappa shape index (κ2) is 26.3. The van der Waals surface area contributed by atoms with E-state index in [9.17, 15) is 9.90 Å². The largest absolute Gasteiger partial charge is 0.550 e. The number of benzene rings is 1. The van der Waals surface area contributed by atoms with Crippen LogP contribution in [0.25, 0.3) is 0 Å². The zero-order valence-electron chi connectivity index (χ0n) is 25.4. The molecule has 1 aromatic rings. The zero-order chi connectivity index (χ0) is 27.5. The molecule has 0 atom stereocenters. The molecule has 0 N–H and O–H groups in total. The summed E-state index contributed by atoms with van der Waals surface area (Å²) < 4.78 is 1.27. The van der Waals surface area contributed by atoms with E-state index >= 15 is 0 Å². The number of nitrogens with zero attached hydrogens (tertiary/aromatic N) is 1. The van der Waals surface area contributed by atoms with Crippen LogP contribution in [0.3, 0.4) is 0 Å². The van der Waals surface area contributed by atoms with Crippen molar-refractivity contribution in [3.05, 3.63) is 35.9 Å². The second-order valence-corrected chi connectivity index (χ2v) is 11.2. The van der Waals surface area contributed by atoms with Crippen molar-refractivity contribution < 1.29 is 14.4 Å². The standard InChI is InChI=1S/C18H36O2.C16H28N/c1-2-3-4-5-6-7-8-9-10-11-12-13-14-15-16-17-18(19)20;1-4-12-17(13-5-2,14-6-3)15-16-10-8-7-9-11-16/h2-17H2,1H3,(H,19,20);7-11H,4-6,12-15H2,1-3H3/q;+1/p-1. The van der Waals surface area contributed by atoms with Crippen LogP contribution in [0.15, 0.2) is 30.3 Å². The molecule has 3 nitrogen and oxygen atoms in total. The van der Waals surface area contributed by atoms with Crippen molar-refractivity contribution in [2.24, 2.45) is 0 Å². The Hall–Kier alpha value is -1.35. The first-order valence-electron chi connectivity index (χ1n) is 16.1. The number of carbonyl (C=O) groups excluding carboxylic acids is 1. The van der Waals surface area contributed by atoms with Gasteiger partial charge >= 0.3 is 0 Å². The lowest BCUT2D eigenvalue weighted by molar-refractivity contribution is -0.941. The Kier molecular flexibility index (Phi) is 25.3. The number of hydrogen-bond donors (Lipinski definition) is 0. The Balaban J connectivity index is 0.000000708. The predicted molar refractivity (Wildman–Crippen MR) is 160 cm³/mol. The Morgan fingerprint density at radius 3 is 1.30 bits per heavy atom. The van der Waals surface area contributed by atoms with Gasteiger partial charge in [-0.3, -0.25) is 0 Å². The molecule has 0 bridgehead atoms. The number of aliphatic carboxylic acids is 1. The lowest BCUT2D eigenvalue weighted by atomic mass is 10.0. The average Bonchev–Trinajstić information content (AvgIpc) is 2.88. The van der Waals surface area contributed by atoms with Gasteiger partial charge in [0.15, 0.2) is 0 Å². The van der Waals surface area contributed by atoms with E-state index in [4.69, 9.17) is 0 Å². The minimum Gasteiger partial charge on any atom is -0.550 e. The molecule has 0 aliphatic carbocycles. The molecule has 0 aromatic heterocycles. The first-order chi connectivity index (χ1) is 18.0. The molecule has 0 radical (unpaired) electrons. The first-order valence-corrected chi connectivity index (χ1v) is 16.1. The number of carboxylic acid groups (broad SMARTS) is 1. The highest BCUT2D eigenvalue weighted by molar-refractivity contribution is 5.64. The third-order valence-electron chi connectivity index (χ3n) is 7.44. The summed E-state index contributed by atoms with van der Waals surface area (Å²) in [5.74, 6) is -0.903. The SMILES string of the molecule is CCCCCCCCCCCCCCCCCC(=O)[O-].CCC[N+](CCC)(CCC)Cc1ccccc1. The van der Waals surface area contributed by atoms with Crippen molar-refractivity contribution in [2.75, 3.05) is 19.6 Å². The lowest BCUT2D eigenvalue weighted by Gasteiger charge is -2.38. The Labute approximate surface area is 232 Å². The van der Waals surface area contributed by atoms with Gasteiger partial charge in [-0.15, -0.1) is 0 Å². The fourth-order valence-electron chi connectivity index (χ4n) is 5.61. The predicted octanol–water partition coefficient (Wildman–Crippen LogP) is 9.23. The quantitative estimate of drug-likeness (QED) is 0.101. The molecule has 0 aliphatic heterocycles. The maximum Gasteiger partial charge on any atom is 0.104 e. The number of carbonyl (C=O) groups is 1. The molecule has 0 heterocycles. The van der Waals surface area contributed by atoms with E-state index in [2.05, 4.69) is 58.0 Å². The highest BCUT2D eigenvalue weighted by Crippen LogP contribution is 2.18. The highest BCUT2D eigenvalue weighted by Gasteiger charge is 2.24. The van der Waals surface area contributed by atoms with E-state index in [1.165, 1.54) is 139 Å². The van der Waals surface area contributed by atoms with E-state index < -0.39 is 5.97 Å². The van der Waals surface area contributed by atoms with Gasteiger partial charge < -0.3 is 14.4 Å². The minimum atomic E-state index is -0.903. The average molecular weight is 518 g/mol. The van der Waals surface area contributed by atoms with E-state index in [1.807, 2.05) is 0 Å². The molecule has 37 heavy (non-hydrogen) atoms. The van der Waals surface area contributed by atoms with Crippen molar-refractivity contribution in [1.82, 2.24) is 0 Å². The normalized spacial score (nSPS) is 11.2. The molecule has 0 aliphatic rings. The van der Waals surface area contributed by atoms with E-state index in [0.717, 1.165) is 12.8 Å². The van der Waals surface area contributed by atoms with Crippen LogP contribution in [-0.2, 0) is 11.3 Å². The number of rotatable bonds is 24. The van der Waals surface area contributed by atoms with Crippen molar-refractivity contribution >= 4 is 5.97 Å². The van der Waals surface area contributed by atoms with E-state index in [1.54, 1.807) is 0 Å². The molecular weight excluding hydrogens is 454 g/mol. The monoisotopic (exact) mass is 517 g/mol. The summed E-state index contributed by atoms with van der Waals surface area (Å²) in [6.07, 6.45) is 23.7. The smallest absolute Gasteiger partial charge is 0.104 e. The number of carboxylic acids is 1. The van der Waals surface area contributed by atoms with Crippen LogP contribution < -0.4 is 5.11 Å². The third-order valence-corrected chi connectivity index (χ3v) is 7.44. The van der Waals surface area contributed by atoms with Gasteiger partial charge in [-0.05, 0) is 32.1 Å². The van der Waals surface area contributed by atoms with Gasteiger partial charge in [-0.25, -0.2) is 0 Å². The molecule has 0 saturated heterocycles. The van der Waals surface area contributed by atoms with Gasteiger partial charge in [-0.1, -0.05) is 148 Å². The van der Waals surface area contributed by atoms with Gasteiger partial charge in [-0.2, -0.15) is 0 Å². The van der Waals surface area contributed by atoms with Gasteiger partial charge in [0.25, 0.3) is 0 Å². The number of unbranched alkanes of at least 4 members (excludes halogenated alkanes) is 14.